The summed E-state index contributed by atoms with van der Waals surface area (Å²) in [6, 6.07) is 111. The minimum absolute atomic E-state index is 0.161. The SMILES string of the molecule is Cc1ccc2c(c1)c1cc(C)ccc1n2-c1ccc(C)c(-c2cc(-n3c4ccc(C)cc4c4cc(C)ccc43)ccc2C(F)(F)F)c1.Cc1ccc2c(c1)c1ccccc1n2-c1ccc(C)c(-c2cc(-n3c4ccccc4c4cc(C)ccc43)ccc2C(F)(F)F)c1.Cc1ccc2c3ccc(C)cc3n(-c3ccc(C)c(-c4cc(-n5c6cc(C)ccc6c6ccc(C)cc65)ccc4C(F)(F)F)c3)c2c1. The summed E-state index contributed by atoms with van der Waals surface area (Å²) in [5.74, 6) is 0. The molecule has 15 heteroatoms. The molecular formula is C124H95F9N6. The van der Waals surface area contributed by atoms with Gasteiger partial charge in [-0.15, -0.1) is 0 Å². The molecular weight excluding hydrogens is 1740 g/mol. The molecule has 684 valence electrons. The lowest BCUT2D eigenvalue weighted by molar-refractivity contribution is -0.137. The van der Waals surface area contributed by atoms with Crippen LogP contribution >= 0.6 is 0 Å². The molecule has 0 amide bonds. The van der Waals surface area contributed by atoms with E-state index in [1.807, 2.05) is 126 Å². The van der Waals surface area contributed by atoms with E-state index in [2.05, 4.69) is 277 Å². The lowest BCUT2D eigenvalue weighted by atomic mass is 9.94. The van der Waals surface area contributed by atoms with Gasteiger partial charge in [0.05, 0.1) is 82.9 Å². The van der Waals surface area contributed by atoms with Crippen LogP contribution in [0.25, 0.3) is 198 Å². The van der Waals surface area contributed by atoms with E-state index < -0.39 is 35.2 Å². The zero-order valence-electron chi connectivity index (χ0n) is 78.9. The van der Waals surface area contributed by atoms with Gasteiger partial charge in [0.1, 0.15) is 0 Å². The maximum absolute atomic E-state index is 14.8. The predicted molar refractivity (Wildman–Crippen MR) is 558 cm³/mol. The molecule has 6 nitrogen and oxygen atoms in total. The number of hydrogen-bond donors (Lipinski definition) is 0. The third-order valence-corrected chi connectivity index (χ3v) is 28.0. The van der Waals surface area contributed by atoms with Crippen molar-refractivity contribution in [1.82, 2.24) is 27.4 Å². The van der Waals surface area contributed by atoms with Crippen molar-refractivity contribution in [3.8, 4) is 67.5 Å². The van der Waals surface area contributed by atoms with Crippen LogP contribution in [0, 0.1) is 90.0 Å². The Hall–Kier alpha value is -15.9. The Balaban J connectivity index is 0.000000120. The molecule has 0 spiro atoms. The Morgan fingerprint density at radius 3 is 0.547 bits per heavy atom. The molecule has 139 heavy (non-hydrogen) atoms. The van der Waals surface area contributed by atoms with Crippen molar-refractivity contribution in [1.29, 1.82) is 0 Å². The van der Waals surface area contributed by atoms with Crippen LogP contribution in [0.3, 0.4) is 0 Å². The van der Waals surface area contributed by atoms with E-state index in [4.69, 9.17) is 0 Å². The second-order valence-electron chi connectivity index (χ2n) is 37.9. The average molecular weight is 1840 g/mol. The van der Waals surface area contributed by atoms with Gasteiger partial charge in [-0.05, 0) is 363 Å². The lowest BCUT2D eigenvalue weighted by Crippen LogP contribution is -2.09. The van der Waals surface area contributed by atoms with Gasteiger partial charge in [-0.25, -0.2) is 0 Å². The number of aromatic nitrogens is 6. The Kier molecular flexibility index (Phi) is 21.2. The van der Waals surface area contributed by atoms with E-state index >= 15 is 0 Å². The number of halogens is 9. The summed E-state index contributed by atoms with van der Waals surface area (Å²) in [4.78, 5) is 0. The summed E-state index contributed by atoms with van der Waals surface area (Å²) in [6.07, 6.45) is -13.6. The van der Waals surface area contributed by atoms with Crippen LogP contribution in [0.4, 0.5) is 39.5 Å². The highest BCUT2D eigenvalue weighted by Crippen LogP contribution is 2.49. The van der Waals surface area contributed by atoms with E-state index in [-0.39, 0.29) is 16.7 Å². The van der Waals surface area contributed by atoms with Gasteiger partial charge in [-0.1, -0.05) is 173 Å². The number of para-hydroxylation sites is 2. The summed E-state index contributed by atoms with van der Waals surface area (Å²) >= 11 is 0. The van der Waals surface area contributed by atoms with Crippen LogP contribution in [0.2, 0.25) is 0 Å². The van der Waals surface area contributed by atoms with Crippen molar-refractivity contribution < 1.29 is 39.5 Å². The smallest absolute Gasteiger partial charge is 0.309 e. The van der Waals surface area contributed by atoms with Crippen LogP contribution in [-0.2, 0) is 18.5 Å². The van der Waals surface area contributed by atoms with Gasteiger partial charge in [0.25, 0.3) is 0 Å². The van der Waals surface area contributed by atoms with E-state index in [1.165, 1.54) is 18.2 Å². The van der Waals surface area contributed by atoms with Gasteiger partial charge in [0.2, 0.25) is 0 Å². The van der Waals surface area contributed by atoms with Crippen molar-refractivity contribution in [3.05, 3.63) is 429 Å². The molecule has 0 saturated heterocycles. The molecule has 0 aliphatic heterocycles. The Morgan fingerprint density at radius 1 is 0.144 bits per heavy atom. The topological polar surface area (TPSA) is 29.6 Å². The number of hydrogen-bond acceptors (Lipinski definition) is 0. The third-order valence-electron chi connectivity index (χ3n) is 28.0. The minimum atomic E-state index is -4.54. The molecule has 18 aromatic carbocycles. The van der Waals surface area contributed by atoms with Crippen LogP contribution in [0.1, 0.15) is 89.0 Å². The minimum Gasteiger partial charge on any atom is -0.309 e. The highest BCUT2D eigenvalue weighted by Gasteiger charge is 2.38. The molecule has 0 aliphatic rings. The normalized spacial score (nSPS) is 12.2. The molecule has 6 aromatic heterocycles. The van der Waals surface area contributed by atoms with Gasteiger partial charge in [0, 0.05) is 98.8 Å². The van der Waals surface area contributed by atoms with E-state index in [0.29, 0.717) is 33.8 Å². The first-order valence-electron chi connectivity index (χ1n) is 46.7. The Bertz CT molecular complexity index is 9030. The van der Waals surface area contributed by atoms with E-state index in [1.54, 1.807) is 36.4 Å². The van der Waals surface area contributed by atoms with Crippen molar-refractivity contribution in [2.45, 2.75) is 109 Å². The number of aryl methyl sites for hydroxylation is 13. The summed E-state index contributed by atoms with van der Waals surface area (Å²) in [5.41, 5.74) is 30.2. The van der Waals surface area contributed by atoms with E-state index in [9.17, 15) is 39.5 Å². The number of benzene rings is 18. The summed E-state index contributed by atoms with van der Waals surface area (Å²) < 4.78 is 146. The van der Waals surface area contributed by atoms with Crippen molar-refractivity contribution in [3.63, 3.8) is 0 Å². The first kappa shape index (κ1) is 88.4. The van der Waals surface area contributed by atoms with Crippen LogP contribution in [0.15, 0.2) is 340 Å². The lowest BCUT2D eigenvalue weighted by Gasteiger charge is -2.19. The Morgan fingerprint density at radius 2 is 0.317 bits per heavy atom. The standard InChI is InChI=1S/2C42H33F3N2.C40H29F3N2/c1-24-6-14-38-33(18-24)34-19-25(2)7-15-39(34)46(38)29-11-10-28(5)31(22-29)32-23-30(12-13-37(32)42(43,44)45)47-40-16-8-26(3)20-35(40)36-21-27(4)9-17-41(36)47;1-24-6-13-31-32-14-7-25(2)19-39(32)46(38(31)18-24)29-11-10-28(5)35(22-29)36-23-30(12-17-37(36)42(43,44)45)47-40-20-26(3)8-15-33(40)34-16-9-27(4)21-41(34)47;1-24-12-18-38-33(20-24)29-8-4-6-10-36(29)44(38)27-15-14-26(3)31(22-27)32-23-28(16-17-35(32)40(41,42)43)45-37-11-7-5-9-30(37)34-21-25(2)13-19-39(34)45/h2*6-23H,1-5H3;4-23H,1-3H3. The molecule has 0 saturated carbocycles. The number of nitrogens with zero attached hydrogens (tertiary/aromatic N) is 6. The van der Waals surface area contributed by atoms with Gasteiger partial charge in [-0.2, -0.15) is 39.5 Å². The average Bonchev–Trinajstić information content (AvgIpc) is 1.58. The molecule has 0 aliphatic carbocycles. The first-order valence-corrected chi connectivity index (χ1v) is 46.7. The van der Waals surface area contributed by atoms with Gasteiger partial charge in [0.15, 0.2) is 0 Å². The largest absolute Gasteiger partial charge is 0.417 e. The first-order chi connectivity index (χ1) is 66.6. The summed E-state index contributed by atoms with van der Waals surface area (Å²) in [5, 5.41) is 13.2. The molecule has 0 fully saturated rings. The van der Waals surface area contributed by atoms with Gasteiger partial charge < -0.3 is 27.4 Å². The molecule has 24 rings (SSSR count). The van der Waals surface area contributed by atoms with Crippen molar-refractivity contribution in [2.24, 2.45) is 0 Å². The second kappa shape index (κ2) is 33.3. The maximum atomic E-state index is 14.8. The fourth-order valence-electron chi connectivity index (χ4n) is 21.4. The molecule has 0 N–H and O–H groups in total. The number of fused-ring (bicyclic) bond motifs is 18. The van der Waals surface area contributed by atoms with Crippen LogP contribution in [0.5, 0.6) is 0 Å². The monoisotopic (exact) mass is 1840 g/mol. The van der Waals surface area contributed by atoms with Gasteiger partial charge >= 0.3 is 18.5 Å². The maximum Gasteiger partial charge on any atom is 0.417 e. The van der Waals surface area contributed by atoms with E-state index in [0.717, 1.165) is 220 Å². The molecule has 0 radical (unpaired) electrons. The van der Waals surface area contributed by atoms with Crippen molar-refractivity contribution in [2.75, 3.05) is 0 Å². The van der Waals surface area contributed by atoms with Crippen LogP contribution in [-0.4, -0.2) is 27.4 Å². The fraction of sp³-hybridized carbons (Fsp3) is 0.129. The second-order valence-corrected chi connectivity index (χ2v) is 37.9. The van der Waals surface area contributed by atoms with Gasteiger partial charge in [-0.3, -0.25) is 0 Å². The van der Waals surface area contributed by atoms with Crippen molar-refractivity contribution >= 4 is 131 Å². The van der Waals surface area contributed by atoms with Crippen LogP contribution < -0.4 is 0 Å². The zero-order valence-corrected chi connectivity index (χ0v) is 78.9. The fourth-order valence-corrected chi connectivity index (χ4v) is 21.4. The third kappa shape index (κ3) is 15.2. The molecule has 0 unspecified atom stereocenters. The Labute approximate surface area is 797 Å². The zero-order chi connectivity index (χ0) is 96.6. The molecule has 6 heterocycles. The molecule has 24 aromatic rings. The predicted octanol–water partition coefficient (Wildman–Crippen LogP) is 35.7. The quantitative estimate of drug-likeness (QED) is 0.129. The summed E-state index contributed by atoms with van der Waals surface area (Å²) in [6.45, 7) is 26.2. The number of rotatable bonds is 9. The molecule has 0 bridgehead atoms. The molecule has 0 atom stereocenters. The highest BCUT2D eigenvalue weighted by atomic mass is 19.4. The highest BCUT2D eigenvalue weighted by molar-refractivity contribution is 6.15. The summed E-state index contributed by atoms with van der Waals surface area (Å²) in [7, 11) is 0. The number of alkyl halides is 9.